The van der Waals surface area contributed by atoms with E-state index < -0.39 is 6.10 Å². The maximum Gasteiger partial charge on any atom is 0.239 e. The average Bonchev–Trinajstić information content (AvgIpc) is 2.34. The van der Waals surface area contributed by atoms with Crippen LogP contribution in [0.3, 0.4) is 0 Å². The summed E-state index contributed by atoms with van der Waals surface area (Å²) in [5, 5.41) is 12.6. The van der Waals surface area contributed by atoms with Crippen LogP contribution in [0.15, 0.2) is 12.1 Å². The van der Waals surface area contributed by atoms with E-state index in [0.717, 1.165) is 0 Å². The minimum atomic E-state index is -0.470. The first kappa shape index (κ1) is 14.5. The molecule has 0 aliphatic heterocycles. The molecule has 0 saturated carbocycles. The van der Waals surface area contributed by atoms with Gasteiger partial charge in [0.15, 0.2) is 0 Å². The van der Waals surface area contributed by atoms with Crippen LogP contribution in [0.25, 0.3) is 0 Å². The summed E-state index contributed by atoms with van der Waals surface area (Å²) in [6.07, 6.45) is 0.117. The van der Waals surface area contributed by atoms with Gasteiger partial charge < -0.3 is 25.6 Å². The fraction of sp³-hybridized carbons (Fsp3) is 0.583. The normalized spacial score (nSPS) is 12.2. The first-order valence-corrected chi connectivity index (χ1v) is 5.97. The summed E-state index contributed by atoms with van der Waals surface area (Å²) >= 11 is 0. The molecule has 18 heavy (non-hydrogen) atoms. The van der Waals surface area contributed by atoms with Gasteiger partial charge in [0.25, 0.3) is 0 Å². The summed E-state index contributed by atoms with van der Waals surface area (Å²) in [4.78, 5) is 4.23. The van der Waals surface area contributed by atoms with Gasteiger partial charge in [-0.15, -0.1) is 0 Å². The van der Waals surface area contributed by atoms with Crippen molar-refractivity contribution in [2.45, 2.75) is 19.4 Å². The Morgan fingerprint density at radius 3 is 2.94 bits per heavy atom. The van der Waals surface area contributed by atoms with Gasteiger partial charge in [-0.1, -0.05) is 0 Å². The number of aromatic nitrogens is 1. The molecule has 6 heteroatoms. The topological polar surface area (TPSA) is 89.6 Å². The van der Waals surface area contributed by atoms with E-state index in [9.17, 15) is 5.11 Å². The summed E-state index contributed by atoms with van der Waals surface area (Å²) in [6.45, 7) is 3.34. The van der Waals surface area contributed by atoms with Crippen LogP contribution in [0, 0.1) is 0 Å². The molecule has 6 nitrogen and oxygen atoms in total. The number of nitrogen functional groups attached to an aromatic ring is 1. The maximum atomic E-state index is 9.48. The fourth-order valence-electron chi connectivity index (χ4n) is 1.44. The van der Waals surface area contributed by atoms with Gasteiger partial charge in [-0.2, -0.15) is 4.98 Å². The van der Waals surface area contributed by atoms with Crippen LogP contribution in [0.4, 0.5) is 11.5 Å². The lowest BCUT2D eigenvalue weighted by Gasteiger charge is -2.12. The third-order valence-corrected chi connectivity index (χ3v) is 2.31. The Kier molecular flexibility index (Phi) is 6.24. The molecule has 1 unspecified atom stereocenters. The monoisotopic (exact) mass is 255 g/mol. The summed E-state index contributed by atoms with van der Waals surface area (Å²) in [5.74, 6) is 1.11. The van der Waals surface area contributed by atoms with E-state index in [4.69, 9.17) is 15.2 Å². The van der Waals surface area contributed by atoms with Crippen LogP contribution >= 0.6 is 0 Å². The number of pyridine rings is 1. The van der Waals surface area contributed by atoms with Gasteiger partial charge in [-0.3, -0.25) is 0 Å². The SMILES string of the molecule is CCOc1nc(NCCC(O)COC)ccc1N. The standard InChI is InChI=1S/C12H21N3O3/c1-3-18-12-10(13)4-5-11(15-12)14-7-6-9(16)8-17-2/h4-5,9,16H,3,6-8,13H2,1-2H3,(H,14,15). The highest BCUT2D eigenvalue weighted by Crippen LogP contribution is 2.20. The molecule has 0 bridgehead atoms. The molecule has 0 aromatic carbocycles. The van der Waals surface area contributed by atoms with Gasteiger partial charge in [0.2, 0.25) is 5.88 Å². The average molecular weight is 255 g/mol. The molecule has 0 aliphatic rings. The second-order valence-corrected chi connectivity index (χ2v) is 3.85. The molecule has 1 aromatic rings. The van der Waals surface area contributed by atoms with Crippen molar-refractivity contribution in [1.82, 2.24) is 4.98 Å². The van der Waals surface area contributed by atoms with Crippen LogP contribution in [0.1, 0.15) is 13.3 Å². The zero-order valence-corrected chi connectivity index (χ0v) is 10.8. The van der Waals surface area contributed by atoms with Crippen molar-refractivity contribution in [2.75, 3.05) is 37.9 Å². The number of aliphatic hydroxyl groups is 1. The first-order chi connectivity index (χ1) is 8.67. The fourth-order valence-corrected chi connectivity index (χ4v) is 1.44. The molecule has 0 fully saturated rings. The number of aliphatic hydroxyl groups excluding tert-OH is 1. The van der Waals surface area contributed by atoms with E-state index in [2.05, 4.69) is 10.3 Å². The largest absolute Gasteiger partial charge is 0.476 e. The Bertz CT molecular complexity index is 360. The van der Waals surface area contributed by atoms with Crippen molar-refractivity contribution in [1.29, 1.82) is 0 Å². The van der Waals surface area contributed by atoms with E-state index in [1.807, 2.05) is 6.92 Å². The second kappa shape index (κ2) is 7.73. The van der Waals surface area contributed by atoms with Crippen molar-refractivity contribution < 1.29 is 14.6 Å². The second-order valence-electron chi connectivity index (χ2n) is 3.85. The minimum Gasteiger partial charge on any atom is -0.476 e. The molecular formula is C12H21N3O3. The van der Waals surface area contributed by atoms with Gasteiger partial charge in [-0.05, 0) is 25.5 Å². The highest BCUT2D eigenvalue weighted by Gasteiger charge is 2.05. The molecule has 0 aliphatic carbocycles. The number of nitrogens with zero attached hydrogens (tertiary/aromatic N) is 1. The molecule has 102 valence electrons. The van der Waals surface area contributed by atoms with E-state index in [1.165, 1.54) is 0 Å². The summed E-state index contributed by atoms with van der Waals surface area (Å²) in [6, 6.07) is 3.52. The number of nitrogens with two attached hydrogens (primary N) is 1. The molecule has 1 atom stereocenters. The number of hydrogen-bond acceptors (Lipinski definition) is 6. The Hall–Kier alpha value is -1.53. The summed E-state index contributed by atoms with van der Waals surface area (Å²) < 4.78 is 10.1. The zero-order valence-electron chi connectivity index (χ0n) is 10.8. The third kappa shape index (κ3) is 4.77. The highest BCUT2D eigenvalue weighted by atomic mass is 16.5. The lowest BCUT2D eigenvalue weighted by atomic mass is 10.2. The van der Waals surface area contributed by atoms with Crippen LogP contribution in [0.5, 0.6) is 5.88 Å². The van der Waals surface area contributed by atoms with Crippen LogP contribution in [0.2, 0.25) is 0 Å². The molecule has 1 heterocycles. The number of methoxy groups -OCH3 is 1. The highest BCUT2D eigenvalue weighted by molar-refractivity contribution is 5.53. The number of rotatable bonds is 8. The Morgan fingerprint density at radius 1 is 1.50 bits per heavy atom. The number of anilines is 2. The summed E-state index contributed by atoms with van der Waals surface area (Å²) in [5.41, 5.74) is 6.24. The molecule has 1 aromatic heterocycles. The predicted octanol–water partition coefficient (Wildman–Crippen LogP) is 0.872. The minimum absolute atomic E-state index is 0.334. The van der Waals surface area contributed by atoms with Crippen LogP contribution < -0.4 is 15.8 Å². The van der Waals surface area contributed by atoms with Gasteiger partial charge in [0.1, 0.15) is 5.82 Å². The molecule has 1 rings (SSSR count). The lowest BCUT2D eigenvalue weighted by molar-refractivity contribution is 0.0615. The number of nitrogens with one attached hydrogen (secondary N) is 1. The lowest BCUT2D eigenvalue weighted by Crippen LogP contribution is -2.18. The number of hydrogen-bond donors (Lipinski definition) is 3. The van der Waals surface area contributed by atoms with E-state index in [1.54, 1.807) is 19.2 Å². The van der Waals surface area contributed by atoms with Crippen molar-refractivity contribution >= 4 is 11.5 Å². The molecule has 0 saturated heterocycles. The number of ether oxygens (including phenoxy) is 2. The molecule has 4 N–H and O–H groups in total. The van der Waals surface area contributed by atoms with Crippen LogP contribution in [-0.2, 0) is 4.74 Å². The van der Waals surface area contributed by atoms with Crippen molar-refractivity contribution in [3.05, 3.63) is 12.1 Å². The molecular weight excluding hydrogens is 234 g/mol. The quantitative estimate of drug-likeness (QED) is 0.638. The van der Waals surface area contributed by atoms with Crippen LogP contribution in [-0.4, -0.2) is 43.1 Å². The van der Waals surface area contributed by atoms with Gasteiger partial charge in [0, 0.05) is 13.7 Å². The van der Waals surface area contributed by atoms with E-state index in [0.29, 0.717) is 43.6 Å². The Balaban J connectivity index is 2.44. The van der Waals surface area contributed by atoms with Gasteiger partial charge in [-0.25, -0.2) is 0 Å². The first-order valence-electron chi connectivity index (χ1n) is 5.97. The van der Waals surface area contributed by atoms with Gasteiger partial charge >= 0.3 is 0 Å². The predicted molar refractivity (Wildman–Crippen MR) is 70.8 cm³/mol. The molecule has 0 amide bonds. The van der Waals surface area contributed by atoms with Crippen molar-refractivity contribution in [2.24, 2.45) is 0 Å². The van der Waals surface area contributed by atoms with Crippen molar-refractivity contribution in [3.63, 3.8) is 0 Å². The maximum absolute atomic E-state index is 9.48. The van der Waals surface area contributed by atoms with Gasteiger partial charge in [0.05, 0.1) is 25.0 Å². The Labute approximate surface area is 107 Å². The zero-order chi connectivity index (χ0) is 13.4. The molecule has 0 spiro atoms. The van der Waals surface area contributed by atoms with Crippen molar-refractivity contribution in [3.8, 4) is 5.88 Å². The smallest absolute Gasteiger partial charge is 0.239 e. The summed E-state index contributed by atoms with van der Waals surface area (Å²) in [7, 11) is 1.56. The van der Waals surface area contributed by atoms with E-state index in [-0.39, 0.29) is 0 Å². The van der Waals surface area contributed by atoms with E-state index >= 15 is 0 Å². The third-order valence-electron chi connectivity index (χ3n) is 2.31. The molecule has 0 radical (unpaired) electrons. The Morgan fingerprint density at radius 2 is 2.28 bits per heavy atom.